The molecule has 0 aliphatic carbocycles. The summed E-state index contributed by atoms with van der Waals surface area (Å²) < 4.78 is 22.5. The number of pyridine rings is 1. The highest BCUT2D eigenvalue weighted by Crippen LogP contribution is 2.10. The number of hydrogen-bond acceptors (Lipinski definition) is 6. The molecule has 8 nitrogen and oxygen atoms in total. The SMILES string of the molecule is CN(C)CCNC(=O)c1ccnc(NCCc2ccc(S(N)(=O)=O)cc2)c1. The Hall–Kier alpha value is -2.49. The van der Waals surface area contributed by atoms with E-state index in [1.165, 1.54) is 12.1 Å². The van der Waals surface area contributed by atoms with Gasteiger partial charge in [0.1, 0.15) is 5.82 Å². The van der Waals surface area contributed by atoms with E-state index in [0.29, 0.717) is 30.9 Å². The first-order chi connectivity index (χ1) is 12.8. The van der Waals surface area contributed by atoms with Crippen molar-refractivity contribution < 1.29 is 13.2 Å². The number of anilines is 1. The Morgan fingerprint density at radius 2 is 1.85 bits per heavy atom. The number of nitrogens with zero attached hydrogens (tertiary/aromatic N) is 2. The number of aromatic nitrogens is 1. The Balaban J connectivity index is 1.86. The first-order valence-corrected chi connectivity index (χ1v) is 10.0. The summed E-state index contributed by atoms with van der Waals surface area (Å²) in [7, 11) is 0.221. The molecule has 146 valence electrons. The zero-order chi connectivity index (χ0) is 19.9. The second-order valence-corrected chi connectivity index (χ2v) is 7.92. The fourth-order valence-electron chi connectivity index (χ4n) is 2.34. The Kier molecular flexibility index (Phi) is 7.28. The maximum atomic E-state index is 12.1. The van der Waals surface area contributed by atoms with Crippen molar-refractivity contribution in [3.63, 3.8) is 0 Å². The van der Waals surface area contributed by atoms with Crippen molar-refractivity contribution in [1.82, 2.24) is 15.2 Å². The average molecular weight is 391 g/mol. The predicted octanol–water partition coefficient (Wildman–Crippen LogP) is 0.675. The third kappa shape index (κ3) is 6.97. The van der Waals surface area contributed by atoms with Gasteiger partial charge in [0.15, 0.2) is 0 Å². The van der Waals surface area contributed by atoms with Gasteiger partial charge in [-0.1, -0.05) is 12.1 Å². The zero-order valence-corrected chi connectivity index (χ0v) is 16.3. The van der Waals surface area contributed by atoms with Crippen molar-refractivity contribution in [2.75, 3.05) is 39.0 Å². The van der Waals surface area contributed by atoms with Gasteiger partial charge in [-0.3, -0.25) is 4.79 Å². The molecule has 27 heavy (non-hydrogen) atoms. The van der Waals surface area contributed by atoms with E-state index in [4.69, 9.17) is 5.14 Å². The van der Waals surface area contributed by atoms with Gasteiger partial charge in [-0.05, 0) is 50.3 Å². The Labute approximate surface area is 159 Å². The minimum Gasteiger partial charge on any atom is -0.370 e. The monoisotopic (exact) mass is 391 g/mol. The molecule has 1 aromatic carbocycles. The van der Waals surface area contributed by atoms with E-state index in [0.717, 1.165) is 12.1 Å². The summed E-state index contributed by atoms with van der Waals surface area (Å²) in [5, 5.41) is 11.1. The van der Waals surface area contributed by atoms with Gasteiger partial charge in [0.2, 0.25) is 10.0 Å². The predicted molar refractivity (Wildman–Crippen MR) is 105 cm³/mol. The lowest BCUT2D eigenvalue weighted by Gasteiger charge is -2.11. The molecule has 1 aromatic heterocycles. The number of sulfonamides is 1. The number of nitrogens with two attached hydrogens (primary N) is 1. The molecular weight excluding hydrogens is 366 g/mol. The van der Waals surface area contributed by atoms with E-state index in [2.05, 4.69) is 15.6 Å². The van der Waals surface area contributed by atoms with E-state index in [1.807, 2.05) is 19.0 Å². The standard InChI is InChI=1S/C18H25N5O3S/c1-23(2)12-11-22-18(24)15-8-10-21-17(13-15)20-9-7-14-3-5-16(6-4-14)27(19,25)26/h3-6,8,10,13H,7,9,11-12H2,1-2H3,(H,20,21)(H,22,24)(H2,19,25,26). The van der Waals surface area contributed by atoms with Crippen molar-refractivity contribution in [3.05, 3.63) is 53.7 Å². The summed E-state index contributed by atoms with van der Waals surface area (Å²) in [6.45, 7) is 1.94. The number of carbonyl (C=O) groups excluding carboxylic acids is 1. The number of carbonyl (C=O) groups is 1. The van der Waals surface area contributed by atoms with Crippen LogP contribution in [0.4, 0.5) is 5.82 Å². The summed E-state index contributed by atoms with van der Waals surface area (Å²) >= 11 is 0. The first-order valence-electron chi connectivity index (χ1n) is 8.50. The lowest BCUT2D eigenvalue weighted by molar-refractivity contribution is 0.0951. The fraction of sp³-hybridized carbons (Fsp3) is 0.333. The number of rotatable bonds is 9. The van der Waals surface area contributed by atoms with Gasteiger partial charge in [-0.2, -0.15) is 0 Å². The minimum atomic E-state index is -3.67. The maximum absolute atomic E-state index is 12.1. The number of amides is 1. The molecule has 0 bridgehead atoms. The molecule has 0 fully saturated rings. The number of nitrogens with one attached hydrogen (secondary N) is 2. The second kappa shape index (κ2) is 9.45. The number of hydrogen-bond donors (Lipinski definition) is 3. The maximum Gasteiger partial charge on any atom is 0.251 e. The fourth-order valence-corrected chi connectivity index (χ4v) is 2.86. The Morgan fingerprint density at radius 1 is 1.15 bits per heavy atom. The second-order valence-electron chi connectivity index (χ2n) is 6.35. The van der Waals surface area contributed by atoms with Crippen molar-refractivity contribution >= 4 is 21.7 Å². The lowest BCUT2D eigenvalue weighted by Crippen LogP contribution is -2.31. The van der Waals surface area contributed by atoms with Crippen molar-refractivity contribution in [2.24, 2.45) is 5.14 Å². The first kappa shape index (κ1) is 20.8. The molecule has 0 aliphatic heterocycles. The summed E-state index contributed by atoms with van der Waals surface area (Å²) in [5.41, 5.74) is 1.51. The average Bonchev–Trinajstić information content (AvgIpc) is 2.61. The smallest absolute Gasteiger partial charge is 0.251 e. The number of likely N-dealkylation sites (N-methyl/N-ethyl adjacent to an activating group) is 1. The Bertz CT molecular complexity index is 867. The van der Waals surface area contributed by atoms with Crippen LogP contribution in [-0.2, 0) is 16.4 Å². The van der Waals surface area contributed by atoms with Crippen molar-refractivity contribution in [2.45, 2.75) is 11.3 Å². The van der Waals surface area contributed by atoms with E-state index in [1.54, 1.807) is 30.5 Å². The van der Waals surface area contributed by atoms with Crippen LogP contribution >= 0.6 is 0 Å². The molecule has 0 atom stereocenters. The topological polar surface area (TPSA) is 117 Å². The largest absolute Gasteiger partial charge is 0.370 e. The molecule has 2 aromatic rings. The molecular formula is C18H25N5O3S. The summed E-state index contributed by atoms with van der Waals surface area (Å²) in [4.78, 5) is 18.4. The van der Waals surface area contributed by atoms with Crippen LogP contribution in [0, 0.1) is 0 Å². The third-order valence-corrected chi connectivity index (χ3v) is 4.77. The molecule has 0 spiro atoms. The highest BCUT2D eigenvalue weighted by molar-refractivity contribution is 7.89. The molecule has 9 heteroatoms. The quantitative estimate of drug-likeness (QED) is 0.578. The summed E-state index contributed by atoms with van der Waals surface area (Å²) in [6.07, 6.45) is 2.26. The van der Waals surface area contributed by atoms with Crippen LogP contribution in [-0.4, -0.2) is 57.9 Å². The highest BCUT2D eigenvalue weighted by atomic mass is 32.2. The molecule has 0 aliphatic rings. The van der Waals surface area contributed by atoms with Gasteiger partial charge in [-0.25, -0.2) is 18.5 Å². The molecule has 0 saturated carbocycles. The van der Waals surface area contributed by atoms with Gasteiger partial charge >= 0.3 is 0 Å². The van der Waals surface area contributed by atoms with Crippen LogP contribution in [0.5, 0.6) is 0 Å². The van der Waals surface area contributed by atoms with Crippen LogP contribution in [0.2, 0.25) is 0 Å². The third-order valence-electron chi connectivity index (χ3n) is 3.84. The molecule has 4 N–H and O–H groups in total. The van der Waals surface area contributed by atoms with E-state index in [-0.39, 0.29) is 10.8 Å². The van der Waals surface area contributed by atoms with Gasteiger partial charge in [0, 0.05) is 31.4 Å². The molecule has 1 heterocycles. The van der Waals surface area contributed by atoms with Crippen LogP contribution in [0.15, 0.2) is 47.5 Å². The zero-order valence-electron chi connectivity index (χ0n) is 15.5. The van der Waals surface area contributed by atoms with Crippen LogP contribution in [0.3, 0.4) is 0 Å². The van der Waals surface area contributed by atoms with E-state index < -0.39 is 10.0 Å². The van der Waals surface area contributed by atoms with Gasteiger partial charge in [-0.15, -0.1) is 0 Å². The van der Waals surface area contributed by atoms with Gasteiger partial charge < -0.3 is 15.5 Å². The summed E-state index contributed by atoms with van der Waals surface area (Å²) in [6, 6.07) is 9.80. The highest BCUT2D eigenvalue weighted by Gasteiger charge is 2.08. The van der Waals surface area contributed by atoms with Crippen molar-refractivity contribution in [1.29, 1.82) is 0 Å². The molecule has 0 radical (unpaired) electrons. The van der Waals surface area contributed by atoms with E-state index >= 15 is 0 Å². The minimum absolute atomic E-state index is 0.0915. The number of benzene rings is 1. The Morgan fingerprint density at radius 3 is 2.48 bits per heavy atom. The molecule has 1 amide bonds. The van der Waals surface area contributed by atoms with E-state index in [9.17, 15) is 13.2 Å². The van der Waals surface area contributed by atoms with Crippen LogP contribution in [0.25, 0.3) is 0 Å². The summed E-state index contributed by atoms with van der Waals surface area (Å²) in [5.74, 6) is 0.470. The van der Waals surface area contributed by atoms with Crippen LogP contribution in [0.1, 0.15) is 15.9 Å². The normalized spacial score (nSPS) is 11.4. The van der Waals surface area contributed by atoms with Crippen molar-refractivity contribution in [3.8, 4) is 0 Å². The molecule has 2 rings (SSSR count). The lowest BCUT2D eigenvalue weighted by atomic mass is 10.1. The van der Waals surface area contributed by atoms with Gasteiger partial charge in [0.05, 0.1) is 4.90 Å². The molecule has 0 saturated heterocycles. The number of primary sulfonamides is 1. The van der Waals surface area contributed by atoms with Crippen LogP contribution < -0.4 is 15.8 Å². The van der Waals surface area contributed by atoms with Gasteiger partial charge in [0.25, 0.3) is 5.91 Å². The molecule has 0 unspecified atom stereocenters.